The zero-order chi connectivity index (χ0) is 24.4. The molecule has 35 heavy (non-hydrogen) atoms. The zero-order valence-corrected chi connectivity index (χ0v) is 21.2. The summed E-state index contributed by atoms with van der Waals surface area (Å²) in [4.78, 5) is 14.8. The summed E-state index contributed by atoms with van der Waals surface area (Å²) in [5, 5.41) is 1.05. The van der Waals surface area contributed by atoms with Crippen molar-refractivity contribution in [2.24, 2.45) is 0 Å². The van der Waals surface area contributed by atoms with E-state index in [1.807, 2.05) is 30.3 Å². The number of anilines is 1. The van der Waals surface area contributed by atoms with Crippen LogP contribution >= 0.6 is 0 Å². The van der Waals surface area contributed by atoms with Gasteiger partial charge in [-0.05, 0) is 43.2 Å². The molecule has 186 valence electrons. The number of hydrogen-bond acceptors (Lipinski definition) is 7. The number of fused-ring (bicyclic) bond motifs is 1. The van der Waals surface area contributed by atoms with Crippen LogP contribution in [0.5, 0.6) is 0 Å². The van der Waals surface area contributed by atoms with E-state index in [0.717, 1.165) is 47.6 Å². The van der Waals surface area contributed by atoms with Gasteiger partial charge in [0.2, 0.25) is 10.0 Å². The van der Waals surface area contributed by atoms with Gasteiger partial charge in [0, 0.05) is 44.7 Å². The van der Waals surface area contributed by atoms with Gasteiger partial charge >= 0.3 is 0 Å². The number of rotatable bonds is 6. The summed E-state index contributed by atoms with van der Waals surface area (Å²) in [6, 6.07) is 15.4. The Morgan fingerprint density at radius 1 is 0.914 bits per heavy atom. The fourth-order valence-corrected chi connectivity index (χ4v) is 6.24. The first-order chi connectivity index (χ1) is 17.0. The van der Waals surface area contributed by atoms with E-state index in [2.05, 4.69) is 29.7 Å². The van der Waals surface area contributed by atoms with Gasteiger partial charge < -0.3 is 9.64 Å². The average Bonchev–Trinajstić information content (AvgIpc) is 2.92. The molecule has 2 aromatic carbocycles. The summed E-state index contributed by atoms with van der Waals surface area (Å²) >= 11 is 0. The van der Waals surface area contributed by atoms with Gasteiger partial charge in [-0.1, -0.05) is 31.2 Å². The molecule has 2 fully saturated rings. The van der Waals surface area contributed by atoms with Crippen molar-refractivity contribution in [1.29, 1.82) is 0 Å². The molecule has 0 spiro atoms. The molecule has 1 aromatic heterocycles. The predicted molar refractivity (Wildman–Crippen MR) is 137 cm³/mol. The molecule has 0 amide bonds. The third-order valence-electron chi connectivity index (χ3n) is 7.08. The number of hydrogen-bond donors (Lipinski definition) is 0. The number of aromatic nitrogens is 2. The van der Waals surface area contributed by atoms with E-state index in [4.69, 9.17) is 14.7 Å². The first kappa shape index (κ1) is 24.1. The molecule has 0 bridgehead atoms. The Balaban J connectivity index is 1.33. The molecule has 2 aliphatic rings. The van der Waals surface area contributed by atoms with Crippen molar-refractivity contribution in [2.75, 3.05) is 57.4 Å². The smallest absolute Gasteiger partial charge is 0.243 e. The molecule has 2 saturated heterocycles. The van der Waals surface area contributed by atoms with Crippen molar-refractivity contribution in [3.8, 4) is 0 Å². The number of ether oxygens (including phenoxy) is 1. The molecule has 8 nitrogen and oxygen atoms in total. The molecule has 5 rings (SSSR count). The van der Waals surface area contributed by atoms with Crippen LogP contribution < -0.4 is 4.90 Å². The lowest BCUT2D eigenvalue weighted by atomic mass is 10.1. The fraction of sp³-hybridized carbons (Fsp3) is 0.462. The second kappa shape index (κ2) is 10.2. The van der Waals surface area contributed by atoms with E-state index in [9.17, 15) is 8.42 Å². The van der Waals surface area contributed by atoms with Gasteiger partial charge in [-0.3, -0.25) is 4.90 Å². The summed E-state index contributed by atoms with van der Waals surface area (Å²) in [5.74, 6) is 1.73. The zero-order valence-electron chi connectivity index (χ0n) is 20.4. The summed E-state index contributed by atoms with van der Waals surface area (Å²) < 4.78 is 33.5. The molecule has 1 atom stereocenters. The van der Waals surface area contributed by atoms with Gasteiger partial charge in [-0.25, -0.2) is 18.4 Å². The minimum Gasteiger partial charge on any atom is -0.378 e. The summed E-state index contributed by atoms with van der Waals surface area (Å²) in [5.41, 5.74) is 2.07. The van der Waals surface area contributed by atoms with E-state index >= 15 is 0 Å². The second-order valence-electron chi connectivity index (χ2n) is 9.14. The molecule has 0 aliphatic carbocycles. The van der Waals surface area contributed by atoms with Crippen molar-refractivity contribution in [3.05, 3.63) is 59.9 Å². The number of sulfonamides is 1. The lowest BCUT2D eigenvalue weighted by molar-refractivity contribution is 0.122. The maximum absolute atomic E-state index is 13.2. The van der Waals surface area contributed by atoms with Crippen LogP contribution in [-0.4, -0.2) is 80.1 Å². The third kappa shape index (κ3) is 4.91. The monoisotopic (exact) mass is 495 g/mol. The van der Waals surface area contributed by atoms with Crippen molar-refractivity contribution in [3.63, 3.8) is 0 Å². The number of morpholine rings is 1. The number of nitrogens with zero attached hydrogens (tertiary/aromatic N) is 5. The van der Waals surface area contributed by atoms with Crippen molar-refractivity contribution in [1.82, 2.24) is 19.2 Å². The number of benzene rings is 2. The maximum Gasteiger partial charge on any atom is 0.243 e. The van der Waals surface area contributed by atoms with Gasteiger partial charge in [-0.2, -0.15) is 4.31 Å². The Bertz CT molecular complexity index is 1270. The van der Waals surface area contributed by atoms with Gasteiger partial charge in [0.25, 0.3) is 0 Å². The molecule has 3 aromatic rings. The predicted octanol–water partition coefficient (Wildman–Crippen LogP) is 3.10. The molecular formula is C26H33N5O3S. The van der Waals surface area contributed by atoms with Crippen LogP contribution in [0.25, 0.3) is 10.9 Å². The molecule has 0 unspecified atom stereocenters. The van der Waals surface area contributed by atoms with Crippen LogP contribution in [0, 0.1) is 0 Å². The Labute approximate surface area is 207 Å². The first-order valence-corrected chi connectivity index (χ1v) is 13.8. The van der Waals surface area contributed by atoms with Crippen molar-refractivity contribution in [2.45, 2.75) is 31.2 Å². The van der Waals surface area contributed by atoms with Crippen LogP contribution in [0.1, 0.15) is 31.3 Å². The highest BCUT2D eigenvalue weighted by atomic mass is 32.2. The van der Waals surface area contributed by atoms with E-state index in [1.54, 1.807) is 16.4 Å². The van der Waals surface area contributed by atoms with Crippen LogP contribution in [0.2, 0.25) is 0 Å². The lowest BCUT2D eigenvalue weighted by Crippen LogP contribution is -2.49. The maximum atomic E-state index is 13.2. The number of aryl methyl sites for hydroxylation is 1. The van der Waals surface area contributed by atoms with E-state index in [1.165, 1.54) is 0 Å². The molecule has 3 heterocycles. The molecule has 9 heteroatoms. The largest absolute Gasteiger partial charge is 0.378 e. The SMILES string of the molecule is CCc1ccc(S(=O)(=O)N2CCN([C@@H](C)c3nc(N4CCOCC4)c4ccccc4n3)CC2)cc1. The van der Waals surface area contributed by atoms with Gasteiger partial charge in [0.05, 0.1) is 29.7 Å². The lowest BCUT2D eigenvalue weighted by Gasteiger charge is -2.37. The van der Waals surface area contributed by atoms with Gasteiger partial charge in [-0.15, -0.1) is 0 Å². The van der Waals surface area contributed by atoms with Crippen LogP contribution in [-0.2, 0) is 21.2 Å². The molecule has 2 aliphatic heterocycles. The van der Waals surface area contributed by atoms with Gasteiger partial charge in [0.1, 0.15) is 11.6 Å². The third-order valence-corrected chi connectivity index (χ3v) is 8.99. The highest BCUT2D eigenvalue weighted by molar-refractivity contribution is 7.89. The standard InChI is InChI=1S/C26H33N5O3S/c1-3-21-8-10-22(11-9-21)35(32,33)31-14-12-29(13-15-31)20(2)25-27-24-7-5-4-6-23(24)26(28-25)30-16-18-34-19-17-30/h4-11,20H,3,12-19H2,1-2H3/t20-/m0/s1. The highest BCUT2D eigenvalue weighted by Gasteiger charge is 2.31. The Morgan fingerprint density at radius 3 is 2.29 bits per heavy atom. The number of piperazine rings is 1. The van der Waals surface area contributed by atoms with Crippen molar-refractivity contribution < 1.29 is 13.2 Å². The van der Waals surface area contributed by atoms with Crippen LogP contribution in [0.15, 0.2) is 53.4 Å². The fourth-order valence-electron chi connectivity index (χ4n) is 4.82. The Hall–Kier alpha value is -2.59. The summed E-state index contributed by atoms with van der Waals surface area (Å²) in [6.45, 7) is 9.36. The Morgan fingerprint density at radius 2 is 1.60 bits per heavy atom. The highest BCUT2D eigenvalue weighted by Crippen LogP contribution is 2.29. The normalized spacial score (nSPS) is 19.2. The van der Waals surface area contributed by atoms with Gasteiger partial charge in [0.15, 0.2) is 0 Å². The molecule has 0 N–H and O–H groups in total. The number of para-hydroxylation sites is 1. The first-order valence-electron chi connectivity index (χ1n) is 12.4. The van der Waals surface area contributed by atoms with E-state index < -0.39 is 10.0 Å². The quantitative estimate of drug-likeness (QED) is 0.520. The van der Waals surface area contributed by atoms with E-state index in [-0.39, 0.29) is 6.04 Å². The molecule has 0 radical (unpaired) electrons. The second-order valence-corrected chi connectivity index (χ2v) is 11.1. The molecular weight excluding hydrogens is 462 g/mol. The molecule has 0 saturated carbocycles. The van der Waals surface area contributed by atoms with Crippen LogP contribution in [0.3, 0.4) is 0 Å². The Kier molecular flexibility index (Phi) is 7.02. The minimum absolute atomic E-state index is 0.0203. The topological polar surface area (TPSA) is 78.9 Å². The van der Waals surface area contributed by atoms with E-state index in [0.29, 0.717) is 44.3 Å². The average molecular weight is 496 g/mol. The van der Waals surface area contributed by atoms with Crippen molar-refractivity contribution >= 4 is 26.7 Å². The van der Waals surface area contributed by atoms with Crippen LogP contribution in [0.4, 0.5) is 5.82 Å². The summed E-state index contributed by atoms with van der Waals surface area (Å²) in [6.07, 6.45) is 0.890. The minimum atomic E-state index is -3.49. The summed E-state index contributed by atoms with van der Waals surface area (Å²) in [7, 11) is -3.49.